The molecule has 0 aliphatic heterocycles. The van der Waals surface area contributed by atoms with E-state index in [0.717, 1.165) is 5.56 Å². The largest absolute Gasteiger partial charge is 0.449 e. The van der Waals surface area contributed by atoms with Crippen molar-refractivity contribution < 1.29 is 18.7 Å². The van der Waals surface area contributed by atoms with E-state index >= 15 is 0 Å². The SMILES string of the molecule is Cc1ccc(Cn2nc(C)c(C(=O)O[C@@H](C)C(=O)Nc3cccc(F)c3)c2C)cc1. The van der Waals surface area contributed by atoms with Crippen molar-refractivity contribution in [3.05, 3.63) is 82.4 Å². The molecule has 0 aliphatic carbocycles. The number of halogens is 1. The van der Waals surface area contributed by atoms with Gasteiger partial charge in [0.05, 0.1) is 17.9 Å². The smallest absolute Gasteiger partial charge is 0.342 e. The summed E-state index contributed by atoms with van der Waals surface area (Å²) in [6, 6.07) is 13.6. The van der Waals surface area contributed by atoms with Crippen LogP contribution in [0.2, 0.25) is 0 Å². The van der Waals surface area contributed by atoms with E-state index in [1.165, 1.54) is 30.7 Å². The summed E-state index contributed by atoms with van der Waals surface area (Å²) in [6.07, 6.45) is -1.06. The molecule has 2 aromatic carbocycles. The van der Waals surface area contributed by atoms with Crippen molar-refractivity contribution in [1.29, 1.82) is 0 Å². The van der Waals surface area contributed by atoms with Crippen molar-refractivity contribution >= 4 is 17.6 Å². The van der Waals surface area contributed by atoms with Crippen LogP contribution in [0.3, 0.4) is 0 Å². The van der Waals surface area contributed by atoms with Gasteiger partial charge in [-0.2, -0.15) is 5.10 Å². The molecule has 1 atom stereocenters. The van der Waals surface area contributed by atoms with Gasteiger partial charge in [-0.3, -0.25) is 9.48 Å². The highest BCUT2D eigenvalue weighted by Crippen LogP contribution is 2.18. The lowest BCUT2D eigenvalue weighted by atomic mass is 10.1. The molecule has 1 N–H and O–H groups in total. The van der Waals surface area contributed by atoms with E-state index in [2.05, 4.69) is 10.4 Å². The number of hydrogen-bond acceptors (Lipinski definition) is 4. The van der Waals surface area contributed by atoms with Crippen molar-refractivity contribution in [3.63, 3.8) is 0 Å². The van der Waals surface area contributed by atoms with Crippen LogP contribution in [0.15, 0.2) is 48.5 Å². The Hall–Kier alpha value is -3.48. The molecule has 7 heteroatoms. The van der Waals surface area contributed by atoms with Gasteiger partial charge in [0.1, 0.15) is 11.4 Å². The molecule has 0 saturated carbocycles. The predicted octanol–water partition coefficient (Wildman–Crippen LogP) is 4.18. The summed E-state index contributed by atoms with van der Waals surface area (Å²) >= 11 is 0. The van der Waals surface area contributed by atoms with Crippen LogP contribution in [0.1, 0.15) is 39.8 Å². The average molecular weight is 409 g/mol. The van der Waals surface area contributed by atoms with Crippen molar-refractivity contribution in [3.8, 4) is 0 Å². The normalized spacial score (nSPS) is 11.8. The maximum absolute atomic E-state index is 13.3. The van der Waals surface area contributed by atoms with Gasteiger partial charge in [0.25, 0.3) is 5.91 Å². The second-order valence-corrected chi connectivity index (χ2v) is 7.24. The Kier molecular flexibility index (Phi) is 6.30. The topological polar surface area (TPSA) is 73.2 Å². The van der Waals surface area contributed by atoms with Gasteiger partial charge in [-0.05, 0) is 51.5 Å². The lowest BCUT2D eigenvalue weighted by Gasteiger charge is -2.14. The van der Waals surface area contributed by atoms with Crippen LogP contribution in [0.25, 0.3) is 0 Å². The molecule has 0 saturated heterocycles. The molecular formula is C23H24FN3O3. The van der Waals surface area contributed by atoms with Gasteiger partial charge in [0.2, 0.25) is 0 Å². The van der Waals surface area contributed by atoms with Crippen molar-refractivity contribution in [2.45, 2.75) is 40.3 Å². The Labute approximate surface area is 174 Å². The molecule has 156 valence electrons. The first-order chi connectivity index (χ1) is 14.2. The van der Waals surface area contributed by atoms with Gasteiger partial charge in [-0.25, -0.2) is 9.18 Å². The van der Waals surface area contributed by atoms with Gasteiger partial charge < -0.3 is 10.1 Å². The Morgan fingerprint density at radius 3 is 2.50 bits per heavy atom. The zero-order chi connectivity index (χ0) is 21.8. The predicted molar refractivity (Wildman–Crippen MR) is 112 cm³/mol. The number of esters is 1. The third-order valence-corrected chi connectivity index (χ3v) is 4.78. The summed E-state index contributed by atoms with van der Waals surface area (Å²) in [6.45, 7) is 7.53. The quantitative estimate of drug-likeness (QED) is 0.620. The number of nitrogens with one attached hydrogen (secondary N) is 1. The zero-order valence-corrected chi connectivity index (χ0v) is 17.4. The lowest BCUT2D eigenvalue weighted by Crippen LogP contribution is -2.30. The highest BCUT2D eigenvalue weighted by molar-refractivity contribution is 5.98. The molecule has 30 heavy (non-hydrogen) atoms. The summed E-state index contributed by atoms with van der Waals surface area (Å²) in [5.74, 6) is -1.64. The second-order valence-electron chi connectivity index (χ2n) is 7.24. The summed E-state index contributed by atoms with van der Waals surface area (Å²) in [5, 5.41) is 6.99. The van der Waals surface area contributed by atoms with E-state index in [1.54, 1.807) is 24.6 Å². The van der Waals surface area contributed by atoms with E-state index in [1.807, 2.05) is 31.2 Å². The molecule has 1 amide bonds. The van der Waals surface area contributed by atoms with Crippen LogP contribution in [-0.4, -0.2) is 27.8 Å². The highest BCUT2D eigenvalue weighted by atomic mass is 19.1. The molecule has 3 aromatic rings. The minimum atomic E-state index is -1.06. The Bertz CT molecular complexity index is 1070. The van der Waals surface area contributed by atoms with Gasteiger partial charge >= 0.3 is 5.97 Å². The van der Waals surface area contributed by atoms with Crippen LogP contribution in [-0.2, 0) is 16.1 Å². The Balaban J connectivity index is 1.69. The number of anilines is 1. The summed E-state index contributed by atoms with van der Waals surface area (Å²) in [5.41, 5.74) is 4.06. The number of benzene rings is 2. The van der Waals surface area contributed by atoms with Gasteiger partial charge in [-0.1, -0.05) is 35.9 Å². The average Bonchev–Trinajstić information content (AvgIpc) is 2.96. The second kappa shape index (κ2) is 8.90. The highest BCUT2D eigenvalue weighted by Gasteiger charge is 2.24. The summed E-state index contributed by atoms with van der Waals surface area (Å²) in [4.78, 5) is 25.0. The van der Waals surface area contributed by atoms with Gasteiger partial charge in [0.15, 0.2) is 6.10 Å². The third-order valence-electron chi connectivity index (χ3n) is 4.78. The molecule has 3 rings (SSSR count). The monoisotopic (exact) mass is 409 g/mol. The van der Waals surface area contributed by atoms with E-state index in [0.29, 0.717) is 29.2 Å². The zero-order valence-electron chi connectivity index (χ0n) is 17.4. The minimum Gasteiger partial charge on any atom is -0.449 e. The van der Waals surface area contributed by atoms with Crippen LogP contribution in [0.4, 0.5) is 10.1 Å². The van der Waals surface area contributed by atoms with Crippen molar-refractivity contribution in [2.75, 3.05) is 5.32 Å². The summed E-state index contributed by atoms with van der Waals surface area (Å²) in [7, 11) is 0. The molecule has 0 bridgehead atoms. The van der Waals surface area contributed by atoms with Gasteiger partial charge in [0, 0.05) is 5.69 Å². The maximum atomic E-state index is 13.3. The first-order valence-corrected chi connectivity index (χ1v) is 9.61. The number of aryl methyl sites for hydroxylation is 2. The molecule has 6 nitrogen and oxygen atoms in total. The number of amides is 1. The van der Waals surface area contributed by atoms with E-state index in [9.17, 15) is 14.0 Å². The molecular weight excluding hydrogens is 385 g/mol. The lowest BCUT2D eigenvalue weighted by molar-refractivity contribution is -0.123. The van der Waals surface area contributed by atoms with E-state index in [4.69, 9.17) is 4.74 Å². The van der Waals surface area contributed by atoms with Crippen LogP contribution < -0.4 is 5.32 Å². The summed E-state index contributed by atoms with van der Waals surface area (Å²) < 4.78 is 20.4. The first-order valence-electron chi connectivity index (χ1n) is 9.61. The molecule has 0 unspecified atom stereocenters. The van der Waals surface area contributed by atoms with Crippen LogP contribution in [0, 0.1) is 26.6 Å². The molecule has 1 heterocycles. The van der Waals surface area contributed by atoms with E-state index in [-0.39, 0.29) is 0 Å². The van der Waals surface area contributed by atoms with Crippen LogP contribution in [0.5, 0.6) is 0 Å². The fraction of sp³-hybridized carbons (Fsp3) is 0.261. The number of hydrogen-bond donors (Lipinski definition) is 1. The number of ether oxygens (including phenoxy) is 1. The fourth-order valence-electron chi connectivity index (χ4n) is 3.10. The van der Waals surface area contributed by atoms with Crippen molar-refractivity contribution in [2.24, 2.45) is 0 Å². The first kappa shape index (κ1) is 21.2. The number of aromatic nitrogens is 2. The Morgan fingerprint density at radius 2 is 1.83 bits per heavy atom. The molecule has 1 aromatic heterocycles. The molecule has 0 spiro atoms. The third kappa shape index (κ3) is 4.92. The van der Waals surface area contributed by atoms with Crippen molar-refractivity contribution in [1.82, 2.24) is 9.78 Å². The number of carbonyl (C=O) groups excluding carboxylic acids is 2. The number of carbonyl (C=O) groups is 2. The minimum absolute atomic E-state index is 0.293. The van der Waals surface area contributed by atoms with Gasteiger partial charge in [-0.15, -0.1) is 0 Å². The fourth-order valence-corrected chi connectivity index (χ4v) is 3.10. The standard InChI is InChI=1S/C23H24FN3O3/c1-14-8-10-18(11-9-14)13-27-16(3)21(15(2)26-27)23(29)30-17(4)22(28)25-20-7-5-6-19(24)12-20/h5-12,17H,13H2,1-4H3,(H,25,28)/t17-/m0/s1. The number of nitrogens with zero attached hydrogens (tertiary/aromatic N) is 2. The molecule has 0 fully saturated rings. The number of rotatable bonds is 6. The molecule has 0 aliphatic rings. The van der Waals surface area contributed by atoms with Crippen LogP contribution >= 0.6 is 0 Å². The maximum Gasteiger partial charge on any atom is 0.342 e. The molecule has 0 radical (unpaired) electrons. The van der Waals surface area contributed by atoms with E-state index < -0.39 is 23.8 Å². The Morgan fingerprint density at radius 1 is 1.13 bits per heavy atom.